The lowest BCUT2D eigenvalue weighted by Crippen LogP contribution is -1.90. The van der Waals surface area contributed by atoms with E-state index in [1.807, 2.05) is 6.07 Å². The van der Waals surface area contributed by atoms with Crippen LogP contribution in [-0.2, 0) is 6.42 Å². The molecule has 0 aliphatic heterocycles. The number of rotatable bonds is 1. The summed E-state index contributed by atoms with van der Waals surface area (Å²) in [5.41, 5.74) is 4.90. The molecular weight excluding hydrogens is 196 g/mol. The zero-order valence-corrected chi connectivity index (χ0v) is 9.06. The van der Waals surface area contributed by atoms with Crippen LogP contribution in [0.2, 0.25) is 0 Å². The minimum absolute atomic E-state index is 0.250. The van der Waals surface area contributed by atoms with E-state index in [4.69, 9.17) is 0 Å². The van der Waals surface area contributed by atoms with E-state index in [0.29, 0.717) is 0 Å². The molecule has 0 aromatic heterocycles. The third-order valence-electron chi connectivity index (χ3n) is 3.30. The monoisotopic (exact) mass is 210 g/mol. The lowest BCUT2D eigenvalue weighted by Gasteiger charge is -2.06. The fourth-order valence-corrected chi connectivity index (χ4v) is 2.41. The summed E-state index contributed by atoms with van der Waals surface area (Å²) in [4.78, 5) is 0. The van der Waals surface area contributed by atoms with Gasteiger partial charge in [-0.15, -0.1) is 0 Å². The standard InChI is InChI=1S/C15H14O/c16-15-9-7-13-10-12(6-8-14(13)15)11-4-2-1-3-5-11/h1-6,8,10,15-16H,7,9H2. The van der Waals surface area contributed by atoms with Gasteiger partial charge in [0, 0.05) is 0 Å². The summed E-state index contributed by atoms with van der Waals surface area (Å²) in [5.74, 6) is 0. The van der Waals surface area contributed by atoms with E-state index in [0.717, 1.165) is 18.4 Å². The number of benzene rings is 2. The molecule has 0 heterocycles. The number of hydrogen-bond donors (Lipinski definition) is 1. The minimum atomic E-state index is -0.250. The van der Waals surface area contributed by atoms with Crippen molar-refractivity contribution in [1.82, 2.24) is 0 Å². The Hall–Kier alpha value is -1.60. The van der Waals surface area contributed by atoms with Gasteiger partial charge in [-0.25, -0.2) is 0 Å². The predicted molar refractivity (Wildman–Crippen MR) is 65.2 cm³/mol. The van der Waals surface area contributed by atoms with Crippen molar-refractivity contribution in [2.45, 2.75) is 18.9 Å². The lowest BCUT2D eigenvalue weighted by atomic mass is 10.0. The number of hydrogen-bond acceptors (Lipinski definition) is 1. The molecule has 1 N–H and O–H groups in total. The topological polar surface area (TPSA) is 20.2 Å². The Morgan fingerprint density at radius 3 is 2.56 bits per heavy atom. The maximum atomic E-state index is 9.74. The van der Waals surface area contributed by atoms with Crippen LogP contribution in [0.1, 0.15) is 23.7 Å². The Labute approximate surface area is 95.4 Å². The summed E-state index contributed by atoms with van der Waals surface area (Å²) < 4.78 is 0. The first-order valence-electron chi connectivity index (χ1n) is 5.71. The van der Waals surface area contributed by atoms with Crippen LogP contribution in [-0.4, -0.2) is 5.11 Å². The number of aliphatic hydroxyl groups excluding tert-OH is 1. The van der Waals surface area contributed by atoms with Gasteiger partial charge in [-0.05, 0) is 35.1 Å². The van der Waals surface area contributed by atoms with Gasteiger partial charge in [0.1, 0.15) is 0 Å². The Morgan fingerprint density at radius 2 is 1.75 bits per heavy atom. The summed E-state index contributed by atoms with van der Waals surface area (Å²) >= 11 is 0. The van der Waals surface area contributed by atoms with E-state index in [1.54, 1.807) is 0 Å². The van der Waals surface area contributed by atoms with Gasteiger partial charge in [-0.3, -0.25) is 0 Å². The summed E-state index contributed by atoms with van der Waals surface area (Å²) in [6.45, 7) is 0. The first kappa shape index (κ1) is 9.61. The Kier molecular flexibility index (Phi) is 2.26. The van der Waals surface area contributed by atoms with Gasteiger partial charge in [0.2, 0.25) is 0 Å². The lowest BCUT2D eigenvalue weighted by molar-refractivity contribution is 0.180. The van der Waals surface area contributed by atoms with Crippen LogP contribution in [0.5, 0.6) is 0 Å². The number of aliphatic hydroxyl groups is 1. The molecule has 3 rings (SSSR count). The molecule has 1 nitrogen and oxygen atoms in total. The third kappa shape index (κ3) is 1.54. The van der Waals surface area contributed by atoms with Crippen LogP contribution in [0.15, 0.2) is 48.5 Å². The fourth-order valence-electron chi connectivity index (χ4n) is 2.41. The van der Waals surface area contributed by atoms with Crippen LogP contribution in [0.4, 0.5) is 0 Å². The Balaban J connectivity index is 2.06. The largest absolute Gasteiger partial charge is 0.388 e. The summed E-state index contributed by atoms with van der Waals surface area (Å²) in [6.07, 6.45) is 1.62. The molecule has 1 atom stereocenters. The Morgan fingerprint density at radius 1 is 0.938 bits per heavy atom. The maximum absolute atomic E-state index is 9.74. The van der Waals surface area contributed by atoms with Crippen LogP contribution >= 0.6 is 0 Å². The SMILES string of the molecule is OC1CCc2cc(-c3ccccc3)ccc21. The molecule has 1 aliphatic carbocycles. The van der Waals surface area contributed by atoms with Crippen LogP contribution < -0.4 is 0 Å². The molecule has 0 radical (unpaired) electrons. The van der Waals surface area contributed by atoms with Crippen LogP contribution in [0, 0.1) is 0 Å². The molecule has 2 aromatic rings. The maximum Gasteiger partial charge on any atom is 0.0795 e. The summed E-state index contributed by atoms with van der Waals surface area (Å²) in [7, 11) is 0. The molecule has 1 unspecified atom stereocenters. The second-order valence-electron chi connectivity index (χ2n) is 4.33. The van der Waals surface area contributed by atoms with Gasteiger partial charge < -0.3 is 5.11 Å². The minimum Gasteiger partial charge on any atom is -0.388 e. The molecule has 2 aromatic carbocycles. The second-order valence-corrected chi connectivity index (χ2v) is 4.33. The number of aryl methyl sites for hydroxylation is 1. The van der Waals surface area contributed by atoms with Gasteiger partial charge in [-0.2, -0.15) is 0 Å². The molecule has 0 fully saturated rings. The normalized spacial score (nSPS) is 18.4. The van der Waals surface area contributed by atoms with Crippen molar-refractivity contribution in [3.8, 4) is 11.1 Å². The van der Waals surface area contributed by atoms with E-state index < -0.39 is 0 Å². The van der Waals surface area contributed by atoms with Crippen molar-refractivity contribution in [3.05, 3.63) is 59.7 Å². The van der Waals surface area contributed by atoms with Crippen LogP contribution in [0.3, 0.4) is 0 Å². The van der Waals surface area contributed by atoms with Gasteiger partial charge in [0.05, 0.1) is 6.10 Å². The molecular formula is C15H14O. The second kappa shape index (κ2) is 3.76. The quantitative estimate of drug-likeness (QED) is 0.765. The van der Waals surface area contributed by atoms with Gasteiger partial charge in [0.25, 0.3) is 0 Å². The highest BCUT2D eigenvalue weighted by atomic mass is 16.3. The van der Waals surface area contributed by atoms with Crippen molar-refractivity contribution in [1.29, 1.82) is 0 Å². The molecule has 16 heavy (non-hydrogen) atoms. The third-order valence-corrected chi connectivity index (χ3v) is 3.30. The molecule has 0 amide bonds. The fraction of sp³-hybridized carbons (Fsp3) is 0.200. The smallest absolute Gasteiger partial charge is 0.0795 e. The molecule has 0 spiro atoms. The highest BCUT2D eigenvalue weighted by Gasteiger charge is 2.19. The zero-order valence-electron chi connectivity index (χ0n) is 9.06. The molecule has 80 valence electrons. The average molecular weight is 210 g/mol. The van der Waals surface area contributed by atoms with Crippen molar-refractivity contribution in [2.75, 3.05) is 0 Å². The van der Waals surface area contributed by atoms with E-state index in [9.17, 15) is 5.11 Å². The van der Waals surface area contributed by atoms with E-state index in [2.05, 4.69) is 42.5 Å². The summed E-state index contributed by atoms with van der Waals surface area (Å²) in [6, 6.07) is 16.7. The van der Waals surface area contributed by atoms with Crippen molar-refractivity contribution < 1.29 is 5.11 Å². The van der Waals surface area contributed by atoms with Gasteiger partial charge in [0.15, 0.2) is 0 Å². The zero-order chi connectivity index (χ0) is 11.0. The van der Waals surface area contributed by atoms with Gasteiger partial charge >= 0.3 is 0 Å². The predicted octanol–water partition coefficient (Wildman–Crippen LogP) is 3.33. The number of fused-ring (bicyclic) bond motifs is 1. The van der Waals surface area contributed by atoms with E-state index in [1.165, 1.54) is 16.7 Å². The van der Waals surface area contributed by atoms with Crippen molar-refractivity contribution >= 4 is 0 Å². The average Bonchev–Trinajstić information content (AvgIpc) is 2.72. The highest BCUT2D eigenvalue weighted by molar-refractivity contribution is 5.65. The van der Waals surface area contributed by atoms with Gasteiger partial charge in [-0.1, -0.05) is 48.5 Å². The highest BCUT2D eigenvalue weighted by Crippen LogP contribution is 2.33. The van der Waals surface area contributed by atoms with Crippen molar-refractivity contribution in [3.63, 3.8) is 0 Å². The molecule has 0 saturated carbocycles. The first-order chi connectivity index (χ1) is 7.84. The summed E-state index contributed by atoms with van der Waals surface area (Å²) in [5, 5.41) is 9.74. The molecule has 0 bridgehead atoms. The van der Waals surface area contributed by atoms with Crippen molar-refractivity contribution in [2.24, 2.45) is 0 Å². The molecule has 1 heteroatoms. The van der Waals surface area contributed by atoms with E-state index >= 15 is 0 Å². The molecule has 1 aliphatic rings. The van der Waals surface area contributed by atoms with E-state index in [-0.39, 0.29) is 6.10 Å². The van der Waals surface area contributed by atoms with Crippen LogP contribution in [0.25, 0.3) is 11.1 Å². The Bertz CT molecular complexity index is 502. The first-order valence-corrected chi connectivity index (χ1v) is 5.71. The molecule has 0 saturated heterocycles.